The molecule has 8 aromatic rings. The Morgan fingerprint density at radius 3 is 1.81 bits per heavy atom. The summed E-state index contributed by atoms with van der Waals surface area (Å²) in [6.45, 7) is 11.0. The highest BCUT2D eigenvalue weighted by Crippen LogP contribution is 2.40. The molecule has 0 unspecified atom stereocenters. The van der Waals surface area contributed by atoms with Crippen LogP contribution in [0.15, 0.2) is 97.3 Å². The minimum atomic E-state index is -0.786. The van der Waals surface area contributed by atoms with Gasteiger partial charge in [0.2, 0.25) is 0 Å². The van der Waals surface area contributed by atoms with Gasteiger partial charge in [0.1, 0.15) is 22.7 Å². The number of rotatable bonds is 4. The first kappa shape index (κ1) is 41.6. The Labute approximate surface area is 368 Å². The number of hydrogen-bond acceptors (Lipinski definition) is 10. The Balaban J connectivity index is 0.000000177. The number of pyridine rings is 2. The standard InChI is InChI=1S/C30H31N3O6.C20H15N3O2/c1-29(2,3)38-27(35)32-16-23-24(26(32)34)20-12-11-18-15-31-22(17-9-8-10-19(13-17)37-7)14-21(18)25(20)33(23)28(36)39-30(4,5)6;1-25-13-4-2-3-11(7-13)16-8-15-12(9-21-16)5-6-14-18-17(23-19(14)15)10-22-20(18)24/h8-15H,16H2,1-7H3;2-9,23H,10H2,1H3,(H,22,24). The van der Waals surface area contributed by atoms with Crippen molar-refractivity contribution in [2.75, 3.05) is 14.2 Å². The van der Waals surface area contributed by atoms with Crippen LogP contribution in [0.3, 0.4) is 0 Å². The zero-order chi connectivity index (χ0) is 45.2. The van der Waals surface area contributed by atoms with Crippen molar-refractivity contribution in [3.05, 3.63) is 120 Å². The Morgan fingerprint density at radius 2 is 1.22 bits per heavy atom. The Hall–Kier alpha value is -7.74. The molecule has 10 rings (SSSR count). The molecule has 2 aliphatic heterocycles. The maximum Gasteiger partial charge on any atom is 0.419 e. The quantitative estimate of drug-likeness (QED) is 0.174. The summed E-state index contributed by atoms with van der Waals surface area (Å²) in [7, 11) is 3.26. The number of ether oxygens (including phenoxy) is 4. The molecule has 0 saturated heterocycles. The van der Waals surface area contributed by atoms with Crippen molar-refractivity contribution < 1.29 is 38.1 Å². The molecule has 14 heteroatoms. The third-order valence-electron chi connectivity index (χ3n) is 11.0. The fourth-order valence-corrected chi connectivity index (χ4v) is 8.23. The summed E-state index contributed by atoms with van der Waals surface area (Å²) in [4.78, 5) is 65.9. The number of imide groups is 1. The Morgan fingerprint density at radius 1 is 0.656 bits per heavy atom. The molecule has 2 N–H and O–H groups in total. The predicted molar refractivity (Wildman–Crippen MR) is 244 cm³/mol. The molecule has 0 fully saturated rings. The molecule has 4 aromatic heterocycles. The van der Waals surface area contributed by atoms with Gasteiger partial charge in [-0.15, -0.1) is 0 Å². The highest BCUT2D eigenvalue weighted by atomic mass is 16.6. The topological polar surface area (TPSA) is 167 Å². The average molecular weight is 859 g/mol. The molecule has 3 amide bonds. The molecule has 0 aliphatic carbocycles. The van der Waals surface area contributed by atoms with E-state index in [4.69, 9.17) is 18.9 Å². The number of amides is 3. The van der Waals surface area contributed by atoms with E-state index in [2.05, 4.69) is 26.3 Å². The number of nitrogens with one attached hydrogen (secondary N) is 2. The van der Waals surface area contributed by atoms with E-state index in [0.717, 1.165) is 71.2 Å². The summed E-state index contributed by atoms with van der Waals surface area (Å²) >= 11 is 0. The maximum atomic E-state index is 13.7. The lowest BCUT2D eigenvalue weighted by Gasteiger charge is -2.24. The zero-order valence-electron chi connectivity index (χ0n) is 36.7. The fraction of sp³-hybridized carbons (Fsp3) is 0.240. The van der Waals surface area contributed by atoms with Gasteiger partial charge in [-0.25, -0.2) is 19.1 Å². The van der Waals surface area contributed by atoms with Crippen molar-refractivity contribution in [2.24, 2.45) is 0 Å². The highest BCUT2D eigenvalue weighted by Gasteiger charge is 2.41. The van der Waals surface area contributed by atoms with Crippen LogP contribution in [0.2, 0.25) is 0 Å². The van der Waals surface area contributed by atoms with E-state index in [1.54, 1.807) is 68.0 Å². The van der Waals surface area contributed by atoms with Crippen molar-refractivity contribution in [1.29, 1.82) is 0 Å². The first-order valence-electron chi connectivity index (χ1n) is 20.8. The van der Waals surface area contributed by atoms with Gasteiger partial charge in [-0.2, -0.15) is 0 Å². The first-order valence-corrected chi connectivity index (χ1v) is 20.8. The second kappa shape index (κ2) is 15.6. The SMILES string of the molecule is COc1cccc(-c2cc3c(ccc4c5c([nH]c43)CNC5=O)cn2)c1.COc1cccc(-c2cc3c(ccc4c5c(n(C(=O)OC(C)(C)C)c43)CN(C(=O)OC(C)(C)C)C5=O)cn2)c1. The van der Waals surface area contributed by atoms with E-state index in [0.29, 0.717) is 34.6 Å². The minimum Gasteiger partial charge on any atom is -0.497 e. The summed E-state index contributed by atoms with van der Waals surface area (Å²) in [5.74, 6) is 0.959. The summed E-state index contributed by atoms with van der Waals surface area (Å²) in [6, 6.07) is 27.0. The van der Waals surface area contributed by atoms with Crippen LogP contribution in [-0.2, 0) is 22.6 Å². The molecule has 0 radical (unpaired) electrons. The number of nitrogens with zero attached hydrogens (tertiary/aromatic N) is 4. The maximum absolute atomic E-state index is 13.7. The number of hydrogen-bond donors (Lipinski definition) is 2. The lowest BCUT2D eigenvalue weighted by atomic mass is 10.0. The Kier molecular flexibility index (Phi) is 10.1. The second-order valence-electron chi connectivity index (χ2n) is 17.7. The van der Waals surface area contributed by atoms with Crippen LogP contribution >= 0.6 is 0 Å². The first-order chi connectivity index (χ1) is 30.5. The molecule has 0 saturated carbocycles. The molecule has 14 nitrogen and oxygen atoms in total. The monoisotopic (exact) mass is 858 g/mol. The Bertz CT molecular complexity index is 3240. The smallest absolute Gasteiger partial charge is 0.419 e. The van der Waals surface area contributed by atoms with Crippen molar-refractivity contribution in [1.82, 2.24) is 29.7 Å². The van der Waals surface area contributed by atoms with Crippen molar-refractivity contribution in [3.8, 4) is 34.0 Å². The molecule has 0 atom stereocenters. The predicted octanol–water partition coefficient (Wildman–Crippen LogP) is 10.2. The van der Waals surface area contributed by atoms with Gasteiger partial charge in [-0.1, -0.05) is 48.5 Å². The van der Waals surface area contributed by atoms with Gasteiger partial charge in [0.05, 0.1) is 66.6 Å². The number of carbonyl (C=O) groups excluding carboxylic acids is 4. The van der Waals surface area contributed by atoms with E-state index in [1.165, 1.54) is 4.57 Å². The molecule has 0 bridgehead atoms. The normalized spacial score (nSPS) is 13.5. The van der Waals surface area contributed by atoms with Crippen molar-refractivity contribution in [2.45, 2.75) is 65.8 Å². The number of methoxy groups -OCH3 is 2. The summed E-state index contributed by atoms with van der Waals surface area (Å²) < 4.78 is 23.3. The van der Waals surface area contributed by atoms with Gasteiger partial charge in [0.15, 0.2) is 0 Å². The van der Waals surface area contributed by atoms with Gasteiger partial charge >= 0.3 is 12.2 Å². The molecule has 64 heavy (non-hydrogen) atoms. The molecule has 6 heterocycles. The molecule has 324 valence electrons. The number of fused-ring (bicyclic) bond motifs is 10. The molecular weight excluding hydrogens is 813 g/mol. The van der Waals surface area contributed by atoms with E-state index in [1.807, 2.05) is 79.0 Å². The number of aromatic nitrogens is 4. The van der Waals surface area contributed by atoms with E-state index in [-0.39, 0.29) is 18.0 Å². The highest BCUT2D eigenvalue weighted by molar-refractivity contribution is 6.21. The summed E-state index contributed by atoms with van der Waals surface area (Å²) in [5.41, 5.74) is 5.69. The van der Waals surface area contributed by atoms with Crippen molar-refractivity contribution in [3.63, 3.8) is 0 Å². The van der Waals surface area contributed by atoms with Gasteiger partial charge in [-0.05, 0) is 77.9 Å². The van der Waals surface area contributed by atoms with Crippen LogP contribution in [-0.4, -0.2) is 73.8 Å². The fourth-order valence-electron chi connectivity index (χ4n) is 8.23. The van der Waals surface area contributed by atoms with Crippen molar-refractivity contribution >= 4 is 67.4 Å². The molecule has 4 aromatic carbocycles. The van der Waals surface area contributed by atoms with Crippen LogP contribution in [0.1, 0.15) is 73.6 Å². The third kappa shape index (κ3) is 7.50. The average Bonchev–Trinajstić information content (AvgIpc) is 4.02. The van der Waals surface area contributed by atoms with Crippen LogP contribution in [0.25, 0.3) is 65.9 Å². The minimum absolute atomic E-state index is 0.0114. The van der Waals surface area contributed by atoms with Crippen LogP contribution in [0.4, 0.5) is 9.59 Å². The third-order valence-corrected chi connectivity index (χ3v) is 11.0. The van der Waals surface area contributed by atoms with E-state index >= 15 is 0 Å². The zero-order valence-corrected chi connectivity index (χ0v) is 36.7. The van der Waals surface area contributed by atoms with Crippen LogP contribution in [0.5, 0.6) is 11.5 Å². The lowest BCUT2D eigenvalue weighted by Crippen LogP contribution is -2.37. The largest absolute Gasteiger partial charge is 0.497 e. The van der Waals surface area contributed by atoms with Gasteiger partial charge < -0.3 is 29.2 Å². The number of benzene rings is 4. The summed E-state index contributed by atoms with van der Waals surface area (Å²) in [5, 5.41) is 7.97. The van der Waals surface area contributed by atoms with E-state index < -0.39 is 29.3 Å². The van der Waals surface area contributed by atoms with Crippen LogP contribution in [0, 0.1) is 0 Å². The van der Waals surface area contributed by atoms with Gasteiger partial charge in [0, 0.05) is 61.5 Å². The molecular formula is C50H46N6O8. The number of aromatic amines is 1. The lowest BCUT2D eigenvalue weighted by molar-refractivity contribution is 0.0241. The van der Waals surface area contributed by atoms with Gasteiger partial charge in [0.25, 0.3) is 11.8 Å². The van der Waals surface area contributed by atoms with Crippen LogP contribution < -0.4 is 14.8 Å². The molecule has 0 spiro atoms. The second-order valence-corrected chi connectivity index (χ2v) is 17.7. The number of carbonyl (C=O) groups is 4. The number of H-pyrrole nitrogens is 1. The molecule has 2 aliphatic rings. The van der Waals surface area contributed by atoms with Gasteiger partial charge in [-0.3, -0.25) is 19.6 Å². The van der Waals surface area contributed by atoms with E-state index in [9.17, 15) is 19.2 Å². The summed E-state index contributed by atoms with van der Waals surface area (Å²) in [6.07, 6.45) is 2.20.